The van der Waals surface area contributed by atoms with Gasteiger partial charge in [-0.05, 0) is 54.1 Å². The Morgan fingerprint density at radius 1 is 1.06 bits per heavy atom. The molecule has 0 radical (unpaired) electrons. The highest BCUT2D eigenvalue weighted by Crippen LogP contribution is 2.37. The monoisotopic (exact) mass is 459 g/mol. The van der Waals surface area contributed by atoms with Crippen molar-refractivity contribution in [3.8, 4) is 27.7 Å². The third kappa shape index (κ3) is 4.92. The van der Waals surface area contributed by atoms with Crippen LogP contribution in [0.5, 0.6) is 17.2 Å². The van der Waals surface area contributed by atoms with Crippen molar-refractivity contribution in [1.82, 2.24) is 0 Å². The average molecular weight is 460 g/mol. The molecule has 9 heteroatoms. The highest BCUT2D eigenvalue weighted by atomic mass is 35.5. The van der Waals surface area contributed by atoms with Crippen LogP contribution >= 0.6 is 22.9 Å². The van der Waals surface area contributed by atoms with E-state index in [4.69, 9.17) is 30.5 Å². The van der Waals surface area contributed by atoms with E-state index >= 15 is 0 Å². The Hall–Kier alpha value is -3.23. The first-order chi connectivity index (χ1) is 15.0. The number of hydrogen-bond donors (Lipinski definition) is 1. The fraction of sp³-hybridized carbons (Fsp3) is 0.182. The van der Waals surface area contributed by atoms with Gasteiger partial charge in [-0.25, -0.2) is 4.79 Å². The van der Waals surface area contributed by atoms with E-state index in [0.29, 0.717) is 46.0 Å². The molecule has 0 fully saturated rings. The zero-order valence-corrected chi connectivity index (χ0v) is 18.0. The fourth-order valence-corrected chi connectivity index (χ4v) is 4.03. The van der Waals surface area contributed by atoms with Gasteiger partial charge in [-0.2, -0.15) is 0 Å². The van der Waals surface area contributed by atoms with Crippen molar-refractivity contribution >= 4 is 40.5 Å². The Bertz CT molecular complexity index is 1130. The molecule has 2 heterocycles. The van der Waals surface area contributed by atoms with E-state index in [1.807, 2.05) is 24.3 Å². The van der Waals surface area contributed by atoms with Crippen molar-refractivity contribution in [3.63, 3.8) is 0 Å². The van der Waals surface area contributed by atoms with Gasteiger partial charge in [0.05, 0.1) is 12.8 Å². The third-order valence-electron chi connectivity index (χ3n) is 4.40. The first-order valence-corrected chi connectivity index (χ1v) is 10.5. The van der Waals surface area contributed by atoms with E-state index in [0.717, 1.165) is 10.4 Å². The fourth-order valence-electron chi connectivity index (χ4n) is 2.97. The van der Waals surface area contributed by atoms with E-state index in [1.54, 1.807) is 24.3 Å². The summed E-state index contributed by atoms with van der Waals surface area (Å²) < 4.78 is 21.5. The first kappa shape index (κ1) is 21.0. The van der Waals surface area contributed by atoms with Crippen LogP contribution in [0.2, 0.25) is 5.02 Å². The molecule has 1 amide bonds. The van der Waals surface area contributed by atoms with Gasteiger partial charge in [-0.1, -0.05) is 11.6 Å². The van der Waals surface area contributed by atoms with Crippen molar-refractivity contribution in [2.45, 2.75) is 0 Å². The number of methoxy groups -OCH3 is 1. The standard InChI is InChI=1S/C22H18ClNO6S/c1-27-16-5-3-14(23)11-15(16)24-21(25)12-30-22(26)20-7-6-19(31-20)13-2-4-17-18(10-13)29-9-8-28-17/h2-7,10-11H,8-9,12H2,1H3,(H,24,25). The van der Waals surface area contributed by atoms with Crippen LogP contribution in [-0.4, -0.2) is 38.8 Å². The van der Waals surface area contributed by atoms with Crippen LogP contribution in [-0.2, 0) is 9.53 Å². The van der Waals surface area contributed by atoms with Crippen LogP contribution in [0.4, 0.5) is 5.69 Å². The first-order valence-electron chi connectivity index (χ1n) is 9.34. The van der Waals surface area contributed by atoms with Gasteiger partial charge in [0, 0.05) is 9.90 Å². The third-order valence-corrected chi connectivity index (χ3v) is 5.75. The van der Waals surface area contributed by atoms with Crippen LogP contribution < -0.4 is 19.5 Å². The molecule has 4 rings (SSSR count). The molecule has 31 heavy (non-hydrogen) atoms. The van der Waals surface area contributed by atoms with Crippen LogP contribution in [0.3, 0.4) is 0 Å². The number of carbonyl (C=O) groups is 2. The molecule has 0 unspecified atom stereocenters. The van der Waals surface area contributed by atoms with Crippen molar-refractivity contribution in [2.75, 3.05) is 32.2 Å². The van der Waals surface area contributed by atoms with Crippen LogP contribution in [0.1, 0.15) is 9.67 Å². The lowest BCUT2D eigenvalue weighted by Crippen LogP contribution is -2.20. The number of thiophene rings is 1. The normalized spacial score (nSPS) is 12.2. The number of hydrogen-bond acceptors (Lipinski definition) is 7. The maximum Gasteiger partial charge on any atom is 0.348 e. The summed E-state index contributed by atoms with van der Waals surface area (Å²) in [7, 11) is 1.48. The second kappa shape index (κ2) is 9.28. The van der Waals surface area contributed by atoms with Crippen LogP contribution in [0, 0.1) is 0 Å². The lowest BCUT2D eigenvalue weighted by atomic mass is 10.1. The molecule has 7 nitrogen and oxygen atoms in total. The van der Waals surface area contributed by atoms with Crippen molar-refractivity contribution in [1.29, 1.82) is 0 Å². The topological polar surface area (TPSA) is 83.1 Å². The zero-order chi connectivity index (χ0) is 21.8. The predicted octanol–water partition coefficient (Wildman–Crippen LogP) is 4.64. The molecule has 1 aromatic heterocycles. The summed E-state index contributed by atoms with van der Waals surface area (Å²) in [6.07, 6.45) is 0. The number of carbonyl (C=O) groups excluding carboxylic acids is 2. The Labute approximate surface area is 187 Å². The molecule has 0 atom stereocenters. The highest BCUT2D eigenvalue weighted by molar-refractivity contribution is 7.17. The number of anilines is 1. The molecule has 1 aliphatic rings. The summed E-state index contributed by atoms with van der Waals surface area (Å²) in [6.45, 7) is 0.590. The molecule has 2 aromatic carbocycles. The second-order valence-corrected chi connectivity index (χ2v) is 8.01. The molecule has 3 aromatic rings. The lowest BCUT2D eigenvalue weighted by Gasteiger charge is -2.18. The van der Waals surface area contributed by atoms with Gasteiger partial charge in [0.2, 0.25) is 0 Å². The van der Waals surface area contributed by atoms with Gasteiger partial charge in [0.1, 0.15) is 23.8 Å². The van der Waals surface area contributed by atoms with Crippen LogP contribution in [0.15, 0.2) is 48.5 Å². The number of ether oxygens (including phenoxy) is 4. The van der Waals surface area contributed by atoms with Crippen molar-refractivity contribution < 1.29 is 28.5 Å². The minimum absolute atomic E-state index is 0.387. The molecule has 0 bridgehead atoms. The molecule has 0 saturated carbocycles. The Morgan fingerprint density at radius 3 is 2.68 bits per heavy atom. The van der Waals surface area contributed by atoms with Gasteiger partial charge < -0.3 is 24.3 Å². The Kier molecular flexibility index (Phi) is 6.29. The molecule has 1 N–H and O–H groups in total. The van der Waals surface area contributed by atoms with E-state index in [9.17, 15) is 9.59 Å². The largest absolute Gasteiger partial charge is 0.495 e. The molecule has 0 aliphatic carbocycles. The molecule has 1 aliphatic heterocycles. The Morgan fingerprint density at radius 2 is 1.87 bits per heavy atom. The zero-order valence-electron chi connectivity index (χ0n) is 16.5. The Balaban J connectivity index is 1.37. The highest BCUT2D eigenvalue weighted by Gasteiger charge is 2.17. The summed E-state index contributed by atoms with van der Waals surface area (Å²) in [6, 6.07) is 13.9. The number of amides is 1. The second-order valence-electron chi connectivity index (χ2n) is 6.49. The number of nitrogens with one attached hydrogen (secondary N) is 1. The van der Waals surface area contributed by atoms with Gasteiger partial charge in [0.15, 0.2) is 18.1 Å². The maximum atomic E-state index is 12.4. The minimum Gasteiger partial charge on any atom is -0.495 e. The summed E-state index contributed by atoms with van der Waals surface area (Å²) in [4.78, 5) is 25.8. The maximum absolute atomic E-state index is 12.4. The number of esters is 1. The molecule has 0 saturated heterocycles. The summed E-state index contributed by atoms with van der Waals surface area (Å²) >= 11 is 7.22. The quantitative estimate of drug-likeness (QED) is 0.540. The van der Waals surface area contributed by atoms with Gasteiger partial charge in [-0.15, -0.1) is 11.3 Å². The van der Waals surface area contributed by atoms with E-state index in [1.165, 1.54) is 18.4 Å². The van der Waals surface area contributed by atoms with Crippen molar-refractivity contribution in [3.05, 3.63) is 58.4 Å². The van der Waals surface area contributed by atoms with E-state index in [-0.39, 0.29) is 0 Å². The number of rotatable bonds is 6. The summed E-state index contributed by atoms with van der Waals surface area (Å²) in [5.74, 6) is 0.744. The number of benzene rings is 2. The minimum atomic E-state index is -0.581. The van der Waals surface area contributed by atoms with Gasteiger partial charge in [0.25, 0.3) is 5.91 Å². The van der Waals surface area contributed by atoms with Gasteiger partial charge >= 0.3 is 5.97 Å². The average Bonchev–Trinajstić information content (AvgIpc) is 3.28. The van der Waals surface area contributed by atoms with Crippen molar-refractivity contribution in [2.24, 2.45) is 0 Å². The van der Waals surface area contributed by atoms with Crippen LogP contribution in [0.25, 0.3) is 10.4 Å². The molecule has 160 valence electrons. The number of halogens is 1. The predicted molar refractivity (Wildman–Crippen MR) is 118 cm³/mol. The molecular weight excluding hydrogens is 442 g/mol. The van der Waals surface area contributed by atoms with E-state index < -0.39 is 18.5 Å². The van der Waals surface area contributed by atoms with E-state index in [2.05, 4.69) is 5.32 Å². The molecular formula is C22H18ClNO6S. The molecule has 0 spiro atoms. The number of fused-ring (bicyclic) bond motifs is 1. The summed E-state index contributed by atoms with van der Waals surface area (Å²) in [5.41, 5.74) is 1.30. The lowest BCUT2D eigenvalue weighted by molar-refractivity contribution is -0.119. The smallest absolute Gasteiger partial charge is 0.348 e. The SMILES string of the molecule is COc1ccc(Cl)cc1NC(=O)COC(=O)c1ccc(-c2ccc3c(c2)OCCO3)s1. The summed E-state index contributed by atoms with van der Waals surface area (Å²) in [5, 5.41) is 3.06. The van der Waals surface area contributed by atoms with Gasteiger partial charge in [-0.3, -0.25) is 4.79 Å².